The third kappa shape index (κ3) is 3.15. The van der Waals surface area contributed by atoms with E-state index in [9.17, 15) is 4.79 Å². The highest BCUT2D eigenvalue weighted by Gasteiger charge is 2.10. The van der Waals surface area contributed by atoms with Crippen molar-refractivity contribution in [2.75, 3.05) is 5.43 Å². The predicted octanol–water partition coefficient (Wildman–Crippen LogP) is 3.03. The van der Waals surface area contributed by atoms with Crippen molar-refractivity contribution >= 4 is 5.91 Å². The first-order valence-corrected chi connectivity index (χ1v) is 6.76. The molecular formula is C18H15N2O+. The number of carbonyl (C=O) groups excluding carboxylic acids is 1. The minimum Gasteiger partial charge on any atom is -0.264 e. The highest BCUT2D eigenvalue weighted by atomic mass is 16.2. The van der Waals surface area contributed by atoms with E-state index >= 15 is 0 Å². The summed E-state index contributed by atoms with van der Waals surface area (Å²) in [4.78, 5) is 12.0. The smallest absolute Gasteiger partial charge is 0.264 e. The van der Waals surface area contributed by atoms with Crippen molar-refractivity contribution < 1.29 is 9.47 Å². The summed E-state index contributed by atoms with van der Waals surface area (Å²) in [5.74, 6) is -0.131. The Hall–Kier alpha value is -2.94. The van der Waals surface area contributed by atoms with Gasteiger partial charge in [-0.3, -0.25) is 4.79 Å². The van der Waals surface area contributed by atoms with Crippen molar-refractivity contribution in [1.29, 1.82) is 0 Å². The Morgan fingerprint density at radius 3 is 1.86 bits per heavy atom. The number of nitrogens with zero attached hydrogens (tertiary/aromatic N) is 1. The molecular weight excluding hydrogens is 260 g/mol. The molecule has 0 fully saturated rings. The van der Waals surface area contributed by atoms with Gasteiger partial charge < -0.3 is 0 Å². The fourth-order valence-corrected chi connectivity index (χ4v) is 2.10. The van der Waals surface area contributed by atoms with Crippen LogP contribution in [-0.4, -0.2) is 5.91 Å². The molecule has 3 rings (SSSR count). The lowest BCUT2D eigenvalue weighted by atomic mass is 10.1. The molecule has 0 aliphatic carbocycles. The monoisotopic (exact) mass is 275 g/mol. The summed E-state index contributed by atoms with van der Waals surface area (Å²) in [6.07, 6.45) is 3.67. The molecule has 1 heterocycles. The average molecular weight is 275 g/mol. The summed E-state index contributed by atoms with van der Waals surface area (Å²) in [7, 11) is 0. The molecule has 3 heteroatoms. The van der Waals surface area contributed by atoms with Crippen LogP contribution in [0.4, 0.5) is 0 Å². The highest BCUT2D eigenvalue weighted by Crippen LogP contribution is 2.16. The molecule has 102 valence electrons. The summed E-state index contributed by atoms with van der Waals surface area (Å²) in [6, 6.07) is 23.2. The average Bonchev–Trinajstić information content (AvgIpc) is 2.57. The fraction of sp³-hybridized carbons (Fsp3) is 0. The van der Waals surface area contributed by atoms with Gasteiger partial charge in [-0.1, -0.05) is 53.2 Å². The number of hydrogen-bond acceptors (Lipinski definition) is 1. The second-order valence-corrected chi connectivity index (χ2v) is 4.67. The molecule has 0 aliphatic rings. The van der Waals surface area contributed by atoms with Crippen molar-refractivity contribution in [1.82, 2.24) is 0 Å². The number of carbonyl (C=O) groups is 1. The highest BCUT2D eigenvalue weighted by molar-refractivity contribution is 5.98. The molecule has 0 unspecified atom stereocenters. The van der Waals surface area contributed by atoms with Crippen molar-refractivity contribution in [3.63, 3.8) is 0 Å². The Labute approximate surface area is 123 Å². The molecule has 0 aliphatic heterocycles. The molecule has 0 atom stereocenters. The molecule has 0 spiro atoms. The van der Waals surface area contributed by atoms with Gasteiger partial charge in [0.2, 0.25) is 12.4 Å². The van der Waals surface area contributed by atoms with Crippen molar-refractivity contribution in [3.05, 3.63) is 90.8 Å². The van der Waals surface area contributed by atoms with Crippen LogP contribution in [0.5, 0.6) is 0 Å². The zero-order valence-electron chi connectivity index (χ0n) is 11.4. The lowest BCUT2D eigenvalue weighted by molar-refractivity contribution is -0.641. The fourth-order valence-electron chi connectivity index (χ4n) is 2.10. The van der Waals surface area contributed by atoms with Gasteiger partial charge in [0.1, 0.15) is 0 Å². The van der Waals surface area contributed by atoms with Crippen molar-refractivity contribution in [3.8, 4) is 11.1 Å². The van der Waals surface area contributed by atoms with E-state index in [2.05, 4.69) is 17.6 Å². The number of aromatic nitrogens is 1. The van der Waals surface area contributed by atoms with Crippen LogP contribution < -0.4 is 10.1 Å². The van der Waals surface area contributed by atoms with E-state index in [1.807, 2.05) is 60.9 Å². The van der Waals surface area contributed by atoms with Crippen LogP contribution in [0.2, 0.25) is 0 Å². The third-order valence-electron chi connectivity index (χ3n) is 3.20. The molecule has 2 aromatic carbocycles. The quantitative estimate of drug-likeness (QED) is 0.732. The second kappa shape index (κ2) is 6.01. The van der Waals surface area contributed by atoms with Crippen LogP contribution in [0.25, 0.3) is 11.1 Å². The van der Waals surface area contributed by atoms with Gasteiger partial charge in [-0.25, -0.2) is 0 Å². The topological polar surface area (TPSA) is 33.0 Å². The molecule has 1 aromatic heterocycles. The van der Waals surface area contributed by atoms with E-state index in [1.165, 1.54) is 0 Å². The normalized spacial score (nSPS) is 10.1. The first-order valence-electron chi connectivity index (χ1n) is 6.76. The Balaban J connectivity index is 1.75. The zero-order chi connectivity index (χ0) is 14.5. The second-order valence-electron chi connectivity index (χ2n) is 4.67. The molecule has 3 nitrogen and oxygen atoms in total. The molecule has 21 heavy (non-hydrogen) atoms. The Bertz CT molecular complexity index is 722. The standard InChI is InChI=1S/C18H14N2O/c21-18(17-9-5-2-6-10-17)19-20-13-11-16(12-14-20)15-7-3-1-4-8-15/h1-14H/p+1. The maximum absolute atomic E-state index is 12.0. The van der Waals surface area contributed by atoms with Gasteiger partial charge in [-0.15, -0.1) is 5.43 Å². The number of pyridine rings is 1. The van der Waals surface area contributed by atoms with Crippen LogP contribution in [0, 0.1) is 0 Å². The molecule has 0 saturated heterocycles. The first kappa shape index (κ1) is 13.1. The van der Waals surface area contributed by atoms with E-state index in [4.69, 9.17) is 0 Å². The molecule has 0 radical (unpaired) electrons. The van der Waals surface area contributed by atoms with Gasteiger partial charge in [0, 0.05) is 17.7 Å². The zero-order valence-corrected chi connectivity index (χ0v) is 11.4. The van der Waals surface area contributed by atoms with Crippen LogP contribution in [-0.2, 0) is 0 Å². The minimum absolute atomic E-state index is 0.131. The van der Waals surface area contributed by atoms with E-state index < -0.39 is 0 Å². The molecule has 0 saturated carbocycles. The van der Waals surface area contributed by atoms with Crippen molar-refractivity contribution in [2.24, 2.45) is 0 Å². The molecule has 0 bridgehead atoms. The van der Waals surface area contributed by atoms with Crippen LogP contribution in [0.15, 0.2) is 85.2 Å². The number of nitrogens with one attached hydrogen (secondary N) is 1. The van der Waals surface area contributed by atoms with Gasteiger partial charge in [0.05, 0.1) is 0 Å². The van der Waals surface area contributed by atoms with Crippen LogP contribution >= 0.6 is 0 Å². The van der Waals surface area contributed by atoms with E-state index in [1.54, 1.807) is 16.8 Å². The van der Waals surface area contributed by atoms with Crippen LogP contribution in [0.3, 0.4) is 0 Å². The molecule has 1 amide bonds. The van der Waals surface area contributed by atoms with Gasteiger partial charge in [-0.05, 0) is 23.3 Å². The Morgan fingerprint density at radius 1 is 0.714 bits per heavy atom. The summed E-state index contributed by atoms with van der Waals surface area (Å²) in [6.45, 7) is 0. The largest absolute Gasteiger partial charge is 0.305 e. The van der Waals surface area contributed by atoms with Crippen molar-refractivity contribution in [2.45, 2.75) is 0 Å². The van der Waals surface area contributed by atoms with E-state index in [0.29, 0.717) is 5.56 Å². The number of amides is 1. The maximum Gasteiger partial charge on any atom is 0.305 e. The Morgan fingerprint density at radius 2 is 1.24 bits per heavy atom. The van der Waals surface area contributed by atoms with Crippen LogP contribution in [0.1, 0.15) is 10.4 Å². The summed E-state index contributed by atoms with van der Waals surface area (Å²) in [5, 5.41) is 0. The summed E-state index contributed by atoms with van der Waals surface area (Å²) in [5.41, 5.74) is 5.71. The lowest BCUT2D eigenvalue weighted by Crippen LogP contribution is -2.47. The summed E-state index contributed by atoms with van der Waals surface area (Å²) >= 11 is 0. The predicted molar refractivity (Wildman–Crippen MR) is 82.2 cm³/mol. The Kier molecular flexibility index (Phi) is 3.74. The van der Waals surface area contributed by atoms with Gasteiger partial charge in [0.25, 0.3) is 0 Å². The van der Waals surface area contributed by atoms with Gasteiger partial charge in [0.15, 0.2) is 0 Å². The summed E-state index contributed by atoms with van der Waals surface area (Å²) < 4.78 is 1.65. The molecule has 3 aromatic rings. The third-order valence-corrected chi connectivity index (χ3v) is 3.20. The van der Waals surface area contributed by atoms with Gasteiger partial charge >= 0.3 is 5.91 Å². The number of benzene rings is 2. The lowest BCUT2D eigenvalue weighted by Gasteiger charge is -2.02. The molecule has 1 N–H and O–H groups in total. The minimum atomic E-state index is -0.131. The SMILES string of the molecule is O=C(N[n+]1ccc(-c2ccccc2)cc1)c1ccccc1. The first-order chi connectivity index (χ1) is 10.3. The number of hydrogen-bond donors (Lipinski definition) is 1. The van der Waals surface area contributed by atoms with E-state index in [0.717, 1.165) is 11.1 Å². The number of rotatable bonds is 3. The van der Waals surface area contributed by atoms with Gasteiger partial charge in [-0.2, -0.15) is 0 Å². The maximum atomic E-state index is 12.0. The van der Waals surface area contributed by atoms with E-state index in [-0.39, 0.29) is 5.91 Å².